The number of nitrogens with zero attached hydrogens (tertiary/aromatic N) is 3. The highest BCUT2D eigenvalue weighted by molar-refractivity contribution is 7.09. The number of benzene rings is 1. The van der Waals surface area contributed by atoms with Crippen LogP contribution < -0.4 is 16.0 Å². The molecule has 1 aliphatic rings. The number of thiazole rings is 1. The Labute approximate surface area is 350 Å². The fraction of sp³-hybridized carbons (Fsp3) is 0.682. The number of aromatic nitrogens is 1. The molecule has 1 fully saturated rings. The van der Waals surface area contributed by atoms with Crippen molar-refractivity contribution in [1.82, 2.24) is 30.7 Å². The second-order valence-corrected chi connectivity index (χ2v) is 17.5. The lowest BCUT2D eigenvalue weighted by Gasteiger charge is -2.41. The van der Waals surface area contributed by atoms with Crippen LogP contribution in [0.25, 0.3) is 0 Å². The van der Waals surface area contributed by atoms with Gasteiger partial charge in [-0.25, -0.2) is 4.98 Å². The van der Waals surface area contributed by atoms with Gasteiger partial charge in [0.2, 0.25) is 23.6 Å². The average molecular weight is 827 g/mol. The molecule has 13 nitrogen and oxygen atoms in total. The molecule has 2 aromatic rings. The average Bonchev–Trinajstić information content (AvgIpc) is 3.93. The van der Waals surface area contributed by atoms with Gasteiger partial charge in [0.05, 0.1) is 48.7 Å². The molecule has 3 rings (SSSR count). The van der Waals surface area contributed by atoms with Crippen LogP contribution >= 0.6 is 11.3 Å². The summed E-state index contributed by atoms with van der Waals surface area (Å²) in [6.45, 7) is 15.6. The van der Waals surface area contributed by atoms with Gasteiger partial charge in [-0.1, -0.05) is 85.2 Å². The summed E-state index contributed by atoms with van der Waals surface area (Å²) < 4.78 is 12.0. The third-order valence-electron chi connectivity index (χ3n) is 12.0. The van der Waals surface area contributed by atoms with Crippen LogP contribution in [0.4, 0.5) is 0 Å². The van der Waals surface area contributed by atoms with Gasteiger partial charge in [-0.3, -0.25) is 24.0 Å². The zero-order valence-corrected chi connectivity index (χ0v) is 37.6. The van der Waals surface area contributed by atoms with Crippen LogP contribution in [0.1, 0.15) is 97.7 Å². The van der Waals surface area contributed by atoms with E-state index < -0.39 is 54.3 Å². The van der Waals surface area contributed by atoms with Crippen molar-refractivity contribution in [2.75, 3.05) is 34.9 Å². The van der Waals surface area contributed by atoms with Gasteiger partial charge in [-0.05, 0) is 56.6 Å². The predicted molar refractivity (Wildman–Crippen MR) is 228 cm³/mol. The second kappa shape index (κ2) is 23.2. The quantitative estimate of drug-likeness (QED) is 0.130. The molecule has 1 aliphatic heterocycles. The fourth-order valence-corrected chi connectivity index (χ4v) is 9.03. The number of Topliss-reactive ketones (excluding diaryl/α,β-unsaturated/α-hetero) is 1. The van der Waals surface area contributed by atoms with Gasteiger partial charge < -0.3 is 35.2 Å². The van der Waals surface area contributed by atoms with Gasteiger partial charge in [-0.2, -0.15) is 0 Å². The molecule has 3 N–H and O–H groups in total. The maximum atomic E-state index is 14.3. The number of nitrogens with one attached hydrogen (secondary N) is 3. The first-order valence-electron chi connectivity index (χ1n) is 20.9. The highest BCUT2D eigenvalue weighted by Crippen LogP contribution is 2.31. The molecule has 4 amide bonds. The van der Waals surface area contributed by atoms with E-state index in [1.165, 1.54) is 11.3 Å². The van der Waals surface area contributed by atoms with E-state index in [1.54, 1.807) is 58.2 Å². The number of carbonyl (C=O) groups is 5. The minimum absolute atomic E-state index is 0.00460. The zero-order chi connectivity index (χ0) is 43.3. The first-order chi connectivity index (χ1) is 27.5. The maximum absolute atomic E-state index is 14.3. The number of methoxy groups -OCH3 is 2. The van der Waals surface area contributed by atoms with Crippen LogP contribution in [-0.4, -0.2) is 115 Å². The zero-order valence-electron chi connectivity index (χ0n) is 36.8. The normalized spacial score (nSPS) is 19.1. The number of hydrogen-bond donors (Lipinski definition) is 3. The van der Waals surface area contributed by atoms with Gasteiger partial charge in [0, 0.05) is 45.3 Å². The minimum atomic E-state index is -0.965. The van der Waals surface area contributed by atoms with Crippen molar-refractivity contribution in [2.45, 2.75) is 130 Å². The van der Waals surface area contributed by atoms with E-state index in [9.17, 15) is 24.0 Å². The number of ketones is 1. The van der Waals surface area contributed by atoms with Gasteiger partial charge in [0.1, 0.15) is 16.8 Å². The van der Waals surface area contributed by atoms with E-state index in [4.69, 9.17) is 9.47 Å². The van der Waals surface area contributed by atoms with Crippen LogP contribution in [-0.2, 0) is 39.9 Å². The molecule has 324 valence electrons. The highest BCUT2D eigenvalue weighted by atomic mass is 32.1. The molecular weight excluding hydrogens is 757 g/mol. The molecule has 14 heteroatoms. The van der Waals surface area contributed by atoms with Crippen molar-refractivity contribution < 1.29 is 33.4 Å². The molecule has 0 aliphatic carbocycles. The number of amides is 4. The largest absolute Gasteiger partial charge is 0.379 e. The van der Waals surface area contributed by atoms with Crippen molar-refractivity contribution in [2.24, 2.45) is 29.6 Å². The van der Waals surface area contributed by atoms with Gasteiger partial charge in [0.15, 0.2) is 0 Å². The van der Waals surface area contributed by atoms with Gasteiger partial charge >= 0.3 is 0 Å². The number of likely N-dealkylation sites (N-methyl/N-ethyl adjacent to an activating group) is 2. The smallest absolute Gasteiger partial charge is 0.245 e. The summed E-state index contributed by atoms with van der Waals surface area (Å²) in [7, 11) is 6.55. The van der Waals surface area contributed by atoms with Crippen LogP contribution in [0.2, 0.25) is 0 Å². The molecule has 0 bridgehead atoms. The van der Waals surface area contributed by atoms with Crippen molar-refractivity contribution in [3.8, 4) is 0 Å². The van der Waals surface area contributed by atoms with E-state index in [-0.39, 0.29) is 53.6 Å². The third-order valence-corrected chi connectivity index (χ3v) is 12.8. The summed E-state index contributed by atoms with van der Waals surface area (Å²) in [6, 6.07) is 7.34. The number of rotatable bonds is 23. The van der Waals surface area contributed by atoms with E-state index in [0.717, 1.165) is 23.4 Å². The first-order valence-corrected chi connectivity index (χ1v) is 21.8. The fourth-order valence-electron chi connectivity index (χ4n) is 8.34. The van der Waals surface area contributed by atoms with Crippen molar-refractivity contribution in [3.63, 3.8) is 0 Å². The maximum Gasteiger partial charge on any atom is 0.245 e. The number of ether oxygens (including phenoxy) is 2. The lowest BCUT2D eigenvalue weighted by atomic mass is 9.86. The van der Waals surface area contributed by atoms with Crippen LogP contribution in [0.3, 0.4) is 0 Å². The van der Waals surface area contributed by atoms with Crippen molar-refractivity contribution in [3.05, 3.63) is 52.5 Å². The summed E-state index contributed by atoms with van der Waals surface area (Å²) in [5.74, 6) is -3.16. The monoisotopic (exact) mass is 827 g/mol. The molecule has 0 radical (unpaired) electrons. The number of hydrogen-bond acceptors (Lipinski definition) is 10. The molecule has 10 atom stereocenters. The Morgan fingerprint density at radius 3 is 2.12 bits per heavy atom. The molecular formula is C44H70N6O7S. The molecule has 1 aromatic heterocycles. The molecule has 2 heterocycles. The van der Waals surface area contributed by atoms with Crippen molar-refractivity contribution in [1.29, 1.82) is 0 Å². The molecule has 0 saturated carbocycles. The summed E-state index contributed by atoms with van der Waals surface area (Å²) >= 11 is 1.45. The second-order valence-electron chi connectivity index (χ2n) is 16.6. The Balaban J connectivity index is 1.77. The topological polar surface area (TPSA) is 159 Å². The van der Waals surface area contributed by atoms with Crippen LogP contribution in [0, 0.1) is 29.6 Å². The highest BCUT2D eigenvalue weighted by Gasteiger charge is 2.44. The summed E-state index contributed by atoms with van der Waals surface area (Å²) in [6.07, 6.45) is 3.04. The molecule has 0 spiro atoms. The van der Waals surface area contributed by atoms with Crippen molar-refractivity contribution >= 4 is 40.7 Å². The Morgan fingerprint density at radius 2 is 1.59 bits per heavy atom. The third kappa shape index (κ3) is 12.4. The molecule has 0 unspecified atom stereocenters. The SMILES string of the molecule is CC[C@H](C)[C@@H]([C@@H](CC(=O)N1CCC[C@H]1[C@H](OC)[C@@H](C)C(=O)[C@@H](C)C(=O)N[C@@H](Cc1ccccc1)c1nccs1)OC)N(C)C(=O)[C@@H](NC(=O)[C@@H](NC)C(C)C)C(C)C. The summed E-state index contributed by atoms with van der Waals surface area (Å²) in [5, 5.41) is 11.7. The lowest BCUT2D eigenvalue weighted by molar-refractivity contribution is -0.148. The van der Waals surface area contributed by atoms with Crippen LogP contribution in [0.15, 0.2) is 41.9 Å². The summed E-state index contributed by atoms with van der Waals surface area (Å²) in [5.41, 5.74) is 1.04. The van der Waals surface area contributed by atoms with Crippen LogP contribution in [0.5, 0.6) is 0 Å². The number of carbonyl (C=O) groups excluding carboxylic acids is 5. The van der Waals surface area contributed by atoms with E-state index in [0.29, 0.717) is 19.4 Å². The molecule has 58 heavy (non-hydrogen) atoms. The first kappa shape index (κ1) is 48.6. The molecule has 1 aromatic carbocycles. The van der Waals surface area contributed by atoms with Gasteiger partial charge in [-0.15, -0.1) is 11.3 Å². The van der Waals surface area contributed by atoms with E-state index >= 15 is 0 Å². The Hall–Kier alpha value is -3.72. The lowest BCUT2D eigenvalue weighted by Crippen LogP contribution is -2.59. The Kier molecular flexibility index (Phi) is 19.4. The molecule has 1 saturated heterocycles. The van der Waals surface area contributed by atoms with Gasteiger partial charge in [0.25, 0.3) is 0 Å². The Morgan fingerprint density at radius 1 is 0.931 bits per heavy atom. The number of likely N-dealkylation sites (tertiary alicyclic amines) is 1. The minimum Gasteiger partial charge on any atom is -0.379 e. The Bertz CT molecular complexity index is 1610. The summed E-state index contributed by atoms with van der Waals surface area (Å²) in [4.78, 5) is 77.3. The van der Waals surface area contributed by atoms with E-state index in [1.807, 2.05) is 77.3 Å². The van der Waals surface area contributed by atoms with E-state index in [2.05, 4.69) is 20.9 Å². The standard InChI is InChI=1S/C44H70N6O7S/c1-13-28(6)38(49(10)44(55)37(27(4)5)48-42(54)36(45-9)26(2)3)34(56-11)25-35(51)50-22-17-20-33(50)40(57-12)29(7)39(52)30(8)41(53)47-32(43-46-21-23-58-43)24-31-18-15-14-16-19-31/h14-16,18-19,21,23,26-30,32-34,36-38,40,45H,13,17,20,22,24-25H2,1-12H3,(H,47,53)(H,48,54)/t28-,29-,30+,32-,33-,34+,36-,37-,38-,40+/m0/s1. The predicted octanol–water partition coefficient (Wildman–Crippen LogP) is 5.05.